The number of aryl methyl sites for hydroxylation is 1. The number of nitrogens with one attached hydrogen (secondary N) is 1. The second kappa shape index (κ2) is 9.03. The Morgan fingerprint density at radius 3 is 2.68 bits per heavy atom. The van der Waals surface area contributed by atoms with E-state index in [4.69, 9.17) is 14.7 Å². The molecular formula is C22H28F2N4O2S. The Hall–Kier alpha value is -1.71. The van der Waals surface area contributed by atoms with E-state index in [1.165, 1.54) is 6.08 Å². The predicted octanol–water partition coefficient (Wildman–Crippen LogP) is 3.33. The number of halogens is 2. The summed E-state index contributed by atoms with van der Waals surface area (Å²) in [6.07, 6.45) is 6.99. The van der Waals surface area contributed by atoms with Gasteiger partial charge in [0.25, 0.3) is 0 Å². The molecule has 0 radical (unpaired) electrons. The number of anilines is 2. The first-order chi connectivity index (χ1) is 15.1. The number of fused-ring (bicyclic) bond motifs is 1. The second-order valence-electron chi connectivity index (χ2n) is 8.74. The fourth-order valence-electron chi connectivity index (χ4n) is 4.99. The summed E-state index contributed by atoms with van der Waals surface area (Å²) in [6.45, 7) is 2.90. The molecule has 6 nitrogen and oxygen atoms in total. The smallest absolute Gasteiger partial charge is 0.227 e. The number of aromatic nitrogens is 2. The van der Waals surface area contributed by atoms with Crippen LogP contribution in [0.4, 0.5) is 20.5 Å². The molecule has 5 rings (SSSR count). The van der Waals surface area contributed by atoms with Gasteiger partial charge in [-0.1, -0.05) is 6.08 Å². The van der Waals surface area contributed by atoms with Crippen molar-refractivity contribution in [3.05, 3.63) is 29.7 Å². The lowest BCUT2D eigenvalue weighted by Crippen LogP contribution is -2.39. The molecule has 168 valence electrons. The first kappa shape index (κ1) is 21.2. The fourth-order valence-corrected chi connectivity index (χ4v) is 6.30. The highest BCUT2D eigenvalue weighted by Crippen LogP contribution is 2.37. The van der Waals surface area contributed by atoms with Crippen molar-refractivity contribution < 1.29 is 18.1 Å². The Balaban J connectivity index is 1.30. The minimum absolute atomic E-state index is 0.175. The summed E-state index contributed by atoms with van der Waals surface area (Å²) >= 11 is -1.07. The number of hydrogen-bond donors (Lipinski definition) is 1. The van der Waals surface area contributed by atoms with Crippen molar-refractivity contribution in [3.8, 4) is 0 Å². The second-order valence-corrected chi connectivity index (χ2v) is 10.2. The molecule has 1 N–H and O–H groups in total. The van der Waals surface area contributed by atoms with Crippen LogP contribution in [0.3, 0.4) is 0 Å². The zero-order valence-corrected chi connectivity index (χ0v) is 18.3. The Labute approximate surface area is 184 Å². The van der Waals surface area contributed by atoms with Crippen LogP contribution < -0.4 is 10.2 Å². The highest BCUT2D eigenvalue weighted by Gasteiger charge is 2.36. The van der Waals surface area contributed by atoms with Crippen LogP contribution in [0.5, 0.6) is 0 Å². The summed E-state index contributed by atoms with van der Waals surface area (Å²) in [4.78, 5) is 12.4. The van der Waals surface area contributed by atoms with E-state index in [1.54, 1.807) is 6.08 Å². The lowest BCUT2D eigenvalue weighted by atomic mass is 9.79. The van der Waals surface area contributed by atoms with Gasteiger partial charge in [0.15, 0.2) is 5.82 Å². The molecule has 1 aromatic rings. The van der Waals surface area contributed by atoms with Gasteiger partial charge in [-0.05, 0) is 54.9 Å². The van der Waals surface area contributed by atoms with Crippen LogP contribution in [0.1, 0.15) is 31.4 Å². The molecule has 4 aliphatic rings. The van der Waals surface area contributed by atoms with E-state index >= 15 is 0 Å². The van der Waals surface area contributed by atoms with E-state index in [1.807, 2.05) is 0 Å². The summed E-state index contributed by atoms with van der Waals surface area (Å²) in [7, 11) is 0. The molecule has 1 aliphatic carbocycles. The van der Waals surface area contributed by atoms with E-state index in [0.717, 1.165) is 68.7 Å². The zero-order valence-electron chi connectivity index (χ0n) is 17.4. The average molecular weight is 451 g/mol. The highest BCUT2D eigenvalue weighted by atomic mass is 32.2. The summed E-state index contributed by atoms with van der Waals surface area (Å²) < 4.78 is 45.6. The van der Waals surface area contributed by atoms with Crippen molar-refractivity contribution in [2.45, 2.75) is 49.2 Å². The average Bonchev–Trinajstić information content (AvgIpc) is 3.16. The van der Waals surface area contributed by atoms with E-state index in [-0.39, 0.29) is 17.9 Å². The highest BCUT2D eigenvalue weighted by molar-refractivity contribution is 7.91. The molecule has 2 fully saturated rings. The van der Waals surface area contributed by atoms with Gasteiger partial charge in [0.2, 0.25) is 10.8 Å². The maximum atomic E-state index is 14.3. The lowest BCUT2D eigenvalue weighted by molar-refractivity contribution is 0.0903. The Morgan fingerprint density at radius 2 is 1.94 bits per heavy atom. The molecular weight excluding hydrogens is 422 g/mol. The molecule has 2 saturated heterocycles. The van der Waals surface area contributed by atoms with Crippen molar-refractivity contribution in [2.75, 3.05) is 42.3 Å². The molecule has 0 aromatic carbocycles. The van der Waals surface area contributed by atoms with E-state index in [2.05, 4.69) is 10.2 Å². The minimum Gasteiger partial charge on any atom is -0.611 e. The van der Waals surface area contributed by atoms with E-state index in [9.17, 15) is 13.3 Å². The van der Waals surface area contributed by atoms with Gasteiger partial charge >= 0.3 is 0 Å². The van der Waals surface area contributed by atoms with Crippen molar-refractivity contribution in [3.63, 3.8) is 0 Å². The van der Waals surface area contributed by atoms with E-state index in [0.29, 0.717) is 23.9 Å². The van der Waals surface area contributed by atoms with Crippen molar-refractivity contribution in [1.29, 1.82) is 0 Å². The van der Waals surface area contributed by atoms with Gasteiger partial charge in [0, 0.05) is 44.7 Å². The van der Waals surface area contributed by atoms with Gasteiger partial charge in [0.05, 0.1) is 0 Å². The van der Waals surface area contributed by atoms with Gasteiger partial charge in [-0.3, -0.25) is 0 Å². The number of ether oxygens (including phenoxy) is 1. The largest absolute Gasteiger partial charge is 0.611 e. The molecule has 4 heterocycles. The minimum atomic E-state index is -1.26. The summed E-state index contributed by atoms with van der Waals surface area (Å²) in [5.74, 6) is 1.37. The molecule has 3 unspecified atom stereocenters. The SMILES string of the molecule is [O-][S+]1CCc2nc(N3CCC(C4C=CC(F)=CC4F)CC3)nc(NC3CCOCC3)c21. The third-order valence-corrected chi connectivity index (χ3v) is 8.23. The molecule has 0 amide bonds. The number of nitrogens with zero attached hydrogens (tertiary/aromatic N) is 3. The van der Waals surface area contributed by atoms with Gasteiger partial charge in [-0.25, -0.2) is 13.8 Å². The molecule has 31 heavy (non-hydrogen) atoms. The third-order valence-electron chi connectivity index (χ3n) is 6.77. The van der Waals surface area contributed by atoms with Crippen molar-refractivity contribution in [1.82, 2.24) is 9.97 Å². The molecule has 3 aliphatic heterocycles. The van der Waals surface area contributed by atoms with Crippen LogP contribution in [-0.2, 0) is 22.3 Å². The topological polar surface area (TPSA) is 73.3 Å². The third kappa shape index (κ3) is 4.45. The van der Waals surface area contributed by atoms with Crippen molar-refractivity contribution >= 4 is 22.9 Å². The number of alkyl halides is 1. The quantitative estimate of drug-likeness (QED) is 0.710. The Morgan fingerprint density at radius 1 is 1.16 bits per heavy atom. The normalized spacial score (nSPS) is 29.7. The Kier molecular flexibility index (Phi) is 6.16. The fraction of sp³-hybridized carbons (Fsp3) is 0.636. The van der Waals surface area contributed by atoms with Gasteiger partial charge in [-0.2, -0.15) is 4.98 Å². The monoisotopic (exact) mass is 450 g/mol. The number of allylic oxidation sites excluding steroid dienone is 4. The molecule has 0 saturated carbocycles. The number of hydrogen-bond acceptors (Lipinski definition) is 6. The number of piperidine rings is 1. The zero-order chi connectivity index (χ0) is 21.4. The number of rotatable bonds is 4. The summed E-state index contributed by atoms with van der Waals surface area (Å²) in [5, 5.41) is 3.51. The van der Waals surface area contributed by atoms with Crippen LogP contribution in [0.2, 0.25) is 0 Å². The maximum absolute atomic E-state index is 14.3. The van der Waals surface area contributed by atoms with Crippen LogP contribution in [-0.4, -0.2) is 58.8 Å². The Bertz CT molecular complexity index is 869. The first-order valence-corrected chi connectivity index (χ1v) is 12.5. The first-order valence-electron chi connectivity index (χ1n) is 11.2. The van der Waals surface area contributed by atoms with Gasteiger partial charge in [-0.15, -0.1) is 0 Å². The van der Waals surface area contributed by atoms with Crippen LogP contribution in [0, 0.1) is 11.8 Å². The summed E-state index contributed by atoms with van der Waals surface area (Å²) in [5.41, 5.74) is 0.875. The van der Waals surface area contributed by atoms with Crippen molar-refractivity contribution in [2.24, 2.45) is 11.8 Å². The molecule has 0 bridgehead atoms. The van der Waals surface area contributed by atoms with Crippen LogP contribution in [0.25, 0.3) is 0 Å². The standard InChI is InChI=1S/C22H28F2N4O2S/c23-15-1-2-17(18(24)13-15)14-3-8-28(9-4-14)22-26-19-7-12-31(29)20(19)21(27-22)25-16-5-10-30-11-6-16/h1-2,13-14,16-18H,3-12H2,(H,25,26,27). The molecule has 3 atom stereocenters. The van der Waals surface area contributed by atoms with Crippen LogP contribution >= 0.6 is 0 Å². The maximum Gasteiger partial charge on any atom is 0.227 e. The lowest BCUT2D eigenvalue weighted by Gasteiger charge is -2.36. The summed E-state index contributed by atoms with van der Waals surface area (Å²) in [6, 6.07) is 0.261. The predicted molar refractivity (Wildman–Crippen MR) is 116 cm³/mol. The molecule has 9 heteroatoms. The molecule has 1 aromatic heterocycles. The van der Waals surface area contributed by atoms with Crippen LogP contribution in [0.15, 0.2) is 29.0 Å². The van der Waals surface area contributed by atoms with E-state index < -0.39 is 23.2 Å². The van der Waals surface area contributed by atoms with Gasteiger partial charge < -0.3 is 19.5 Å². The van der Waals surface area contributed by atoms with Gasteiger partial charge in [0.1, 0.15) is 23.4 Å². The molecule has 0 spiro atoms.